The molecule has 0 aliphatic carbocycles. The van der Waals surface area contributed by atoms with E-state index in [0.29, 0.717) is 24.5 Å². The highest BCUT2D eigenvalue weighted by molar-refractivity contribution is 9.10. The lowest BCUT2D eigenvalue weighted by atomic mass is 10.1. The van der Waals surface area contributed by atoms with Crippen LogP contribution < -0.4 is 10.6 Å². The van der Waals surface area contributed by atoms with Crippen molar-refractivity contribution in [3.8, 4) is 0 Å². The predicted octanol–water partition coefficient (Wildman–Crippen LogP) is 3.98. The molecule has 0 saturated heterocycles. The van der Waals surface area contributed by atoms with Crippen LogP contribution in [0.25, 0.3) is 0 Å². The van der Waals surface area contributed by atoms with Gasteiger partial charge in [-0.1, -0.05) is 6.07 Å². The summed E-state index contributed by atoms with van der Waals surface area (Å²) >= 11 is 3.40. The van der Waals surface area contributed by atoms with Gasteiger partial charge in [0, 0.05) is 35.9 Å². The van der Waals surface area contributed by atoms with Crippen molar-refractivity contribution in [3.63, 3.8) is 0 Å². The van der Waals surface area contributed by atoms with Gasteiger partial charge in [0.25, 0.3) is 11.6 Å². The number of halogens is 1. The summed E-state index contributed by atoms with van der Waals surface area (Å²) in [6, 6.07) is 9.65. The van der Waals surface area contributed by atoms with Gasteiger partial charge in [0.1, 0.15) is 0 Å². The maximum absolute atomic E-state index is 12.7. The summed E-state index contributed by atoms with van der Waals surface area (Å²) in [7, 11) is 1.57. The molecule has 0 bridgehead atoms. The first-order valence-electron chi connectivity index (χ1n) is 7.51. The van der Waals surface area contributed by atoms with Crippen molar-refractivity contribution in [2.45, 2.75) is 6.92 Å². The van der Waals surface area contributed by atoms with E-state index >= 15 is 0 Å². The number of nitro groups is 1. The molecule has 0 aliphatic heterocycles. The fourth-order valence-corrected chi connectivity index (χ4v) is 2.78. The number of methoxy groups -OCH3 is 1. The van der Waals surface area contributed by atoms with Gasteiger partial charge in [0.05, 0.1) is 22.8 Å². The van der Waals surface area contributed by atoms with E-state index in [-0.39, 0.29) is 11.3 Å². The van der Waals surface area contributed by atoms with Crippen molar-refractivity contribution >= 4 is 38.9 Å². The Morgan fingerprint density at radius 3 is 2.60 bits per heavy atom. The Labute approximate surface area is 153 Å². The molecule has 0 spiro atoms. The number of anilines is 2. The highest BCUT2D eigenvalue weighted by Crippen LogP contribution is 2.27. The SMILES string of the molecule is COCCNc1ccc([N+](=O)[O-])cc1C(=O)Nc1ccc(C)cc1Br. The average Bonchev–Trinajstić information content (AvgIpc) is 2.57. The van der Waals surface area contributed by atoms with Crippen LogP contribution in [0, 0.1) is 17.0 Å². The molecule has 1 amide bonds. The fraction of sp³-hybridized carbons (Fsp3) is 0.235. The number of nitro benzene ring substituents is 1. The van der Waals surface area contributed by atoms with Crippen molar-refractivity contribution in [3.05, 3.63) is 62.1 Å². The number of hydrogen-bond donors (Lipinski definition) is 2. The minimum atomic E-state index is -0.530. The first kappa shape index (κ1) is 18.9. The van der Waals surface area contributed by atoms with Crippen LogP contribution in [0.2, 0.25) is 0 Å². The minimum absolute atomic E-state index is 0.148. The molecular weight excluding hydrogens is 390 g/mol. The summed E-state index contributed by atoms with van der Waals surface area (Å²) in [6.45, 7) is 2.86. The van der Waals surface area contributed by atoms with Crippen LogP contribution in [0.5, 0.6) is 0 Å². The number of ether oxygens (including phenoxy) is 1. The van der Waals surface area contributed by atoms with Crippen LogP contribution in [0.1, 0.15) is 15.9 Å². The smallest absolute Gasteiger partial charge is 0.270 e. The van der Waals surface area contributed by atoms with Crippen LogP contribution in [0.3, 0.4) is 0 Å². The van der Waals surface area contributed by atoms with Gasteiger partial charge < -0.3 is 15.4 Å². The largest absolute Gasteiger partial charge is 0.383 e. The van der Waals surface area contributed by atoms with Crippen LogP contribution in [0.4, 0.5) is 17.1 Å². The van der Waals surface area contributed by atoms with E-state index in [9.17, 15) is 14.9 Å². The summed E-state index contributed by atoms with van der Waals surface area (Å²) in [4.78, 5) is 23.1. The molecule has 132 valence electrons. The van der Waals surface area contributed by atoms with Crippen LogP contribution >= 0.6 is 15.9 Å². The first-order chi connectivity index (χ1) is 11.9. The van der Waals surface area contributed by atoms with E-state index in [1.807, 2.05) is 19.1 Å². The third-order valence-corrected chi connectivity index (χ3v) is 4.11. The zero-order valence-corrected chi connectivity index (χ0v) is 15.4. The quantitative estimate of drug-likeness (QED) is 0.411. The normalized spacial score (nSPS) is 10.4. The highest BCUT2D eigenvalue weighted by Gasteiger charge is 2.17. The summed E-state index contributed by atoms with van der Waals surface area (Å²) < 4.78 is 5.71. The number of rotatable bonds is 7. The van der Waals surface area contributed by atoms with Crippen LogP contribution in [-0.2, 0) is 4.74 Å². The zero-order chi connectivity index (χ0) is 18.4. The molecule has 7 nitrogen and oxygen atoms in total. The highest BCUT2D eigenvalue weighted by atomic mass is 79.9. The number of hydrogen-bond acceptors (Lipinski definition) is 5. The minimum Gasteiger partial charge on any atom is -0.383 e. The van der Waals surface area contributed by atoms with Gasteiger partial charge >= 0.3 is 0 Å². The van der Waals surface area contributed by atoms with Gasteiger partial charge in [0.15, 0.2) is 0 Å². The van der Waals surface area contributed by atoms with E-state index in [0.717, 1.165) is 10.0 Å². The van der Waals surface area contributed by atoms with E-state index in [1.165, 1.54) is 18.2 Å². The fourth-order valence-electron chi connectivity index (χ4n) is 2.19. The molecule has 0 heterocycles. The summed E-state index contributed by atoms with van der Waals surface area (Å²) in [5.74, 6) is -0.437. The number of aryl methyl sites for hydroxylation is 1. The van der Waals surface area contributed by atoms with Gasteiger partial charge in [-0.2, -0.15) is 0 Å². The van der Waals surface area contributed by atoms with E-state index in [4.69, 9.17) is 4.74 Å². The van der Waals surface area contributed by atoms with Crippen molar-refractivity contribution in [2.24, 2.45) is 0 Å². The van der Waals surface area contributed by atoms with Crippen molar-refractivity contribution in [1.82, 2.24) is 0 Å². The zero-order valence-electron chi connectivity index (χ0n) is 13.8. The Hall–Kier alpha value is -2.45. The van der Waals surface area contributed by atoms with Gasteiger partial charge in [0.2, 0.25) is 0 Å². The topological polar surface area (TPSA) is 93.5 Å². The second-order valence-corrected chi connectivity index (χ2v) is 6.20. The lowest BCUT2D eigenvalue weighted by Crippen LogP contribution is -2.17. The molecule has 0 fully saturated rings. The van der Waals surface area contributed by atoms with E-state index < -0.39 is 10.8 Å². The molecule has 0 unspecified atom stereocenters. The maximum atomic E-state index is 12.7. The Bertz CT molecular complexity index is 795. The molecule has 0 radical (unpaired) electrons. The number of non-ortho nitro benzene ring substituents is 1. The third kappa shape index (κ3) is 5.01. The third-order valence-electron chi connectivity index (χ3n) is 3.45. The number of benzene rings is 2. The molecule has 0 aromatic heterocycles. The molecule has 2 aromatic carbocycles. The molecule has 8 heteroatoms. The van der Waals surface area contributed by atoms with E-state index in [1.54, 1.807) is 13.2 Å². The molecule has 0 aliphatic rings. The summed E-state index contributed by atoms with van der Waals surface area (Å²) in [6.07, 6.45) is 0. The van der Waals surface area contributed by atoms with Gasteiger partial charge in [-0.15, -0.1) is 0 Å². The second-order valence-electron chi connectivity index (χ2n) is 5.34. The predicted molar refractivity (Wildman–Crippen MR) is 100 cm³/mol. The van der Waals surface area contributed by atoms with E-state index in [2.05, 4.69) is 26.6 Å². The van der Waals surface area contributed by atoms with Crippen LogP contribution in [0.15, 0.2) is 40.9 Å². The molecule has 2 rings (SSSR count). The lowest BCUT2D eigenvalue weighted by molar-refractivity contribution is -0.384. The van der Waals surface area contributed by atoms with Crippen molar-refractivity contribution < 1.29 is 14.5 Å². The van der Waals surface area contributed by atoms with Crippen molar-refractivity contribution in [2.75, 3.05) is 30.9 Å². The standard InChI is InChI=1S/C17H18BrN3O4/c1-11-3-5-16(14(18)9-11)20-17(22)13-10-12(21(23)24)4-6-15(13)19-7-8-25-2/h3-6,9-10,19H,7-8H2,1-2H3,(H,20,22). The maximum Gasteiger partial charge on any atom is 0.270 e. The molecular formula is C17H18BrN3O4. The number of nitrogens with one attached hydrogen (secondary N) is 2. The first-order valence-corrected chi connectivity index (χ1v) is 8.30. The summed E-state index contributed by atoms with van der Waals surface area (Å²) in [5.41, 5.74) is 2.18. The van der Waals surface area contributed by atoms with Gasteiger partial charge in [-0.05, 0) is 46.6 Å². The Balaban J connectivity index is 2.31. The number of carbonyl (C=O) groups excluding carboxylic acids is 1. The van der Waals surface area contributed by atoms with Gasteiger partial charge in [-0.25, -0.2) is 0 Å². The summed E-state index contributed by atoms with van der Waals surface area (Å²) in [5, 5.41) is 16.8. The average molecular weight is 408 g/mol. The number of nitrogens with zero attached hydrogens (tertiary/aromatic N) is 1. The molecule has 2 aromatic rings. The number of carbonyl (C=O) groups is 1. The van der Waals surface area contributed by atoms with Crippen molar-refractivity contribution in [1.29, 1.82) is 0 Å². The molecule has 0 saturated carbocycles. The molecule has 25 heavy (non-hydrogen) atoms. The Morgan fingerprint density at radius 2 is 1.96 bits per heavy atom. The Kier molecular flexibility index (Phi) is 6.49. The van der Waals surface area contributed by atoms with Gasteiger partial charge in [-0.3, -0.25) is 14.9 Å². The lowest BCUT2D eigenvalue weighted by Gasteiger charge is -2.13. The molecule has 0 atom stereocenters. The molecule has 2 N–H and O–H groups in total. The Morgan fingerprint density at radius 1 is 1.24 bits per heavy atom. The monoisotopic (exact) mass is 407 g/mol. The number of amides is 1. The second kappa shape index (κ2) is 8.59. The van der Waals surface area contributed by atoms with Crippen LogP contribution in [-0.4, -0.2) is 31.1 Å².